The van der Waals surface area contributed by atoms with Crippen molar-refractivity contribution in [1.29, 1.82) is 0 Å². The summed E-state index contributed by atoms with van der Waals surface area (Å²) in [6, 6.07) is 19.7. The SMILES string of the molecule is CN1CCC(c2cn(Cc3ccccn3)c3ccc(OS(=O)(=O)c4ccccc4)cc23)CC1. The summed E-state index contributed by atoms with van der Waals surface area (Å²) < 4.78 is 33.3. The standard InChI is InChI=1S/C26H27N3O3S/c1-28-15-12-20(13-16-28)25-19-29(18-21-7-5-6-14-27-21)26-11-10-22(17-24(25)26)32-33(30,31)23-8-3-2-4-9-23/h2-11,14,17,19-20H,12-13,15-16,18H2,1H3. The smallest absolute Gasteiger partial charge is 0.339 e. The summed E-state index contributed by atoms with van der Waals surface area (Å²) in [4.78, 5) is 6.98. The average molecular weight is 462 g/mol. The summed E-state index contributed by atoms with van der Waals surface area (Å²) in [5.41, 5.74) is 3.28. The average Bonchev–Trinajstić information content (AvgIpc) is 3.18. The molecular weight excluding hydrogens is 434 g/mol. The summed E-state index contributed by atoms with van der Waals surface area (Å²) in [5.74, 6) is 0.755. The Morgan fingerprint density at radius 1 is 1.00 bits per heavy atom. The fraction of sp³-hybridized carbons (Fsp3) is 0.269. The van der Waals surface area contributed by atoms with E-state index in [2.05, 4.69) is 27.7 Å². The van der Waals surface area contributed by atoms with E-state index in [-0.39, 0.29) is 4.90 Å². The molecule has 0 atom stereocenters. The Labute approximate surface area is 194 Å². The molecule has 0 amide bonds. The predicted molar refractivity (Wildman–Crippen MR) is 129 cm³/mol. The van der Waals surface area contributed by atoms with Gasteiger partial charge in [0.05, 0.1) is 12.2 Å². The second kappa shape index (κ2) is 9.00. The molecule has 1 aliphatic rings. The molecule has 0 unspecified atom stereocenters. The molecule has 6 nitrogen and oxygen atoms in total. The molecule has 2 aromatic heterocycles. The van der Waals surface area contributed by atoms with E-state index in [1.165, 1.54) is 5.56 Å². The topological polar surface area (TPSA) is 64.4 Å². The molecule has 1 fully saturated rings. The molecular formula is C26H27N3O3S. The van der Waals surface area contributed by atoms with Crippen molar-refractivity contribution in [3.63, 3.8) is 0 Å². The van der Waals surface area contributed by atoms with Gasteiger partial charge in [0, 0.05) is 23.3 Å². The van der Waals surface area contributed by atoms with Gasteiger partial charge in [0.25, 0.3) is 0 Å². The lowest BCUT2D eigenvalue weighted by Crippen LogP contribution is -2.29. The van der Waals surface area contributed by atoms with Gasteiger partial charge in [-0.25, -0.2) is 0 Å². The first-order chi connectivity index (χ1) is 16.0. The largest absolute Gasteiger partial charge is 0.379 e. The summed E-state index contributed by atoms with van der Waals surface area (Å²) in [5, 5.41) is 1.04. The highest BCUT2D eigenvalue weighted by Crippen LogP contribution is 2.36. The molecule has 1 saturated heterocycles. The van der Waals surface area contributed by atoms with Crippen molar-refractivity contribution in [2.45, 2.75) is 30.2 Å². The van der Waals surface area contributed by atoms with Crippen molar-refractivity contribution in [3.05, 3.63) is 90.4 Å². The number of rotatable bonds is 6. The van der Waals surface area contributed by atoms with Gasteiger partial charge in [0.15, 0.2) is 0 Å². The number of pyridine rings is 1. The third-order valence-corrected chi connectivity index (χ3v) is 7.60. The molecule has 3 heterocycles. The summed E-state index contributed by atoms with van der Waals surface area (Å²) in [7, 11) is -1.74. The van der Waals surface area contributed by atoms with Crippen molar-refractivity contribution < 1.29 is 12.6 Å². The second-order valence-electron chi connectivity index (χ2n) is 8.64. The number of likely N-dealkylation sites (tertiary alicyclic amines) is 1. The van der Waals surface area contributed by atoms with Gasteiger partial charge in [-0.1, -0.05) is 24.3 Å². The van der Waals surface area contributed by atoms with E-state index < -0.39 is 10.1 Å². The Kier molecular flexibility index (Phi) is 5.91. The molecule has 7 heteroatoms. The van der Waals surface area contributed by atoms with E-state index in [4.69, 9.17) is 4.18 Å². The van der Waals surface area contributed by atoms with Crippen LogP contribution in [0.2, 0.25) is 0 Å². The summed E-state index contributed by atoms with van der Waals surface area (Å²) in [6.07, 6.45) is 6.17. The van der Waals surface area contributed by atoms with Gasteiger partial charge in [-0.05, 0) is 86.9 Å². The van der Waals surface area contributed by atoms with Crippen LogP contribution in [0.5, 0.6) is 5.75 Å². The van der Waals surface area contributed by atoms with Crippen LogP contribution in [0.15, 0.2) is 84.0 Å². The van der Waals surface area contributed by atoms with Crippen molar-refractivity contribution in [3.8, 4) is 5.75 Å². The van der Waals surface area contributed by atoms with Gasteiger partial charge in [0.1, 0.15) is 10.6 Å². The van der Waals surface area contributed by atoms with Crippen molar-refractivity contribution in [1.82, 2.24) is 14.5 Å². The molecule has 0 radical (unpaired) electrons. The van der Waals surface area contributed by atoms with Gasteiger partial charge in [-0.15, -0.1) is 0 Å². The lowest BCUT2D eigenvalue weighted by Gasteiger charge is -2.28. The number of fused-ring (bicyclic) bond motifs is 1. The number of hydrogen-bond acceptors (Lipinski definition) is 5. The molecule has 4 aromatic rings. The van der Waals surface area contributed by atoms with Crippen molar-refractivity contribution in [2.75, 3.05) is 20.1 Å². The lowest BCUT2D eigenvalue weighted by molar-refractivity contribution is 0.256. The first-order valence-corrected chi connectivity index (χ1v) is 12.6. The predicted octanol–water partition coefficient (Wildman–Crippen LogP) is 4.66. The normalized spacial score (nSPS) is 15.7. The van der Waals surface area contributed by atoms with Crippen LogP contribution in [0, 0.1) is 0 Å². The van der Waals surface area contributed by atoms with Crippen LogP contribution in [-0.2, 0) is 16.7 Å². The number of aromatic nitrogens is 2. The van der Waals surface area contributed by atoms with Gasteiger partial charge >= 0.3 is 10.1 Å². The number of benzene rings is 2. The highest BCUT2D eigenvalue weighted by Gasteiger charge is 2.24. The first kappa shape index (κ1) is 21.7. The van der Waals surface area contributed by atoms with Gasteiger partial charge in [0.2, 0.25) is 0 Å². The molecule has 0 bridgehead atoms. The van der Waals surface area contributed by atoms with E-state index in [0.717, 1.165) is 42.5 Å². The van der Waals surface area contributed by atoms with Crippen LogP contribution < -0.4 is 4.18 Å². The van der Waals surface area contributed by atoms with Crippen LogP contribution >= 0.6 is 0 Å². The Morgan fingerprint density at radius 3 is 2.48 bits per heavy atom. The fourth-order valence-electron chi connectivity index (χ4n) is 4.56. The highest BCUT2D eigenvalue weighted by molar-refractivity contribution is 7.87. The van der Waals surface area contributed by atoms with Gasteiger partial charge < -0.3 is 13.7 Å². The van der Waals surface area contributed by atoms with Gasteiger partial charge in [-0.2, -0.15) is 8.42 Å². The van der Waals surface area contributed by atoms with Crippen molar-refractivity contribution >= 4 is 21.0 Å². The van der Waals surface area contributed by atoms with E-state index in [0.29, 0.717) is 18.2 Å². The number of piperidine rings is 1. The Bertz CT molecular complexity index is 1340. The van der Waals surface area contributed by atoms with E-state index in [1.807, 2.05) is 30.3 Å². The van der Waals surface area contributed by atoms with Crippen molar-refractivity contribution in [2.24, 2.45) is 0 Å². The molecule has 33 heavy (non-hydrogen) atoms. The minimum atomic E-state index is -3.89. The number of nitrogens with zero attached hydrogens (tertiary/aromatic N) is 3. The van der Waals surface area contributed by atoms with Gasteiger partial charge in [-0.3, -0.25) is 4.98 Å². The highest BCUT2D eigenvalue weighted by atomic mass is 32.2. The third kappa shape index (κ3) is 4.65. The van der Waals surface area contributed by atoms with E-state index in [1.54, 1.807) is 42.6 Å². The monoisotopic (exact) mass is 461 g/mol. The maximum atomic E-state index is 12.8. The second-order valence-corrected chi connectivity index (χ2v) is 10.2. The van der Waals surface area contributed by atoms with E-state index in [9.17, 15) is 8.42 Å². The fourth-order valence-corrected chi connectivity index (χ4v) is 5.50. The molecule has 1 aliphatic heterocycles. The Balaban J connectivity index is 1.53. The molecule has 2 aromatic carbocycles. The summed E-state index contributed by atoms with van der Waals surface area (Å²) in [6.45, 7) is 2.76. The lowest BCUT2D eigenvalue weighted by atomic mass is 9.89. The zero-order chi connectivity index (χ0) is 22.8. The quantitative estimate of drug-likeness (QED) is 0.391. The zero-order valence-corrected chi connectivity index (χ0v) is 19.4. The maximum Gasteiger partial charge on any atom is 0.339 e. The molecule has 0 spiro atoms. The van der Waals surface area contributed by atoms with E-state index >= 15 is 0 Å². The molecule has 0 aliphatic carbocycles. The zero-order valence-electron chi connectivity index (χ0n) is 18.6. The van der Waals surface area contributed by atoms with Crippen LogP contribution in [-0.4, -0.2) is 43.0 Å². The molecule has 5 rings (SSSR count). The Morgan fingerprint density at radius 2 is 1.76 bits per heavy atom. The number of hydrogen-bond donors (Lipinski definition) is 0. The molecule has 170 valence electrons. The minimum absolute atomic E-state index is 0.147. The van der Waals surface area contributed by atoms with Crippen LogP contribution in [0.3, 0.4) is 0 Å². The van der Waals surface area contributed by atoms with Crippen LogP contribution in [0.4, 0.5) is 0 Å². The Hall–Kier alpha value is -3.16. The molecule has 0 N–H and O–H groups in total. The van der Waals surface area contributed by atoms with Crippen LogP contribution in [0.25, 0.3) is 10.9 Å². The first-order valence-electron chi connectivity index (χ1n) is 11.2. The molecule has 0 saturated carbocycles. The van der Waals surface area contributed by atoms with Crippen LogP contribution in [0.1, 0.15) is 30.0 Å². The minimum Gasteiger partial charge on any atom is -0.379 e. The third-order valence-electron chi connectivity index (χ3n) is 6.34. The summed E-state index contributed by atoms with van der Waals surface area (Å²) >= 11 is 0. The maximum absolute atomic E-state index is 12.8.